The molecule has 1 heterocycles. The first kappa shape index (κ1) is 22.4. The average molecular weight is 426 g/mol. The molecule has 1 saturated heterocycles. The molecule has 1 atom stereocenters. The highest BCUT2D eigenvalue weighted by atomic mass is 19.4. The monoisotopic (exact) mass is 426 g/mol. The lowest BCUT2D eigenvalue weighted by Crippen LogP contribution is -2.56. The van der Waals surface area contributed by atoms with Gasteiger partial charge in [0.15, 0.2) is 0 Å². The summed E-state index contributed by atoms with van der Waals surface area (Å²) in [5.41, 5.74) is -0.146. The van der Waals surface area contributed by atoms with E-state index in [0.29, 0.717) is 31.9 Å². The fourth-order valence-electron chi connectivity index (χ4n) is 4.10. The zero-order valence-corrected chi connectivity index (χ0v) is 17.2. The molecule has 2 aliphatic rings. The second kappa shape index (κ2) is 9.68. The Kier molecular flexibility index (Phi) is 7.23. The minimum atomic E-state index is -4.37. The van der Waals surface area contributed by atoms with Crippen molar-refractivity contribution < 1.29 is 22.8 Å². The molecule has 0 aromatic heterocycles. The fraction of sp³-hybridized carbons (Fsp3) is 0.619. The van der Waals surface area contributed by atoms with Crippen molar-refractivity contribution in [1.29, 1.82) is 0 Å². The van der Waals surface area contributed by atoms with Crippen LogP contribution in [0.1, 0.15) is 44.6 Å². The van der Waals surface area contributed by atoms with Crippen LogP contribution in [0, 0.1) is 0 Å². The smallest absolute Gasteiger partial charge is 0.369 e. The largest absolute Gasteiger partial charge is 0.416 e. The highest BCUT2D eigenvalue weighted by Crippen LogP contribution is 2.32. The number of piperazine rings is 1. The Morgan fingerprint density at radius 1 is 1.07 bits per heavy atom. The van der Waals surface area contributed by atoms with Gasteiger partial charge in [-0.15, -0.1) is 0 Å². The molecule has 0 radical (unpaired) electrons. The molecule has 9 heteroatoms. The number of halogens is 3. The van der Waals surface area contributed by atoms with Gasteiger partial charge in [0.25, 0.3) is 0 Å². The highest BCUT2D eigenvalue weighted by molar-refractivity contribution is 5.96. The fourth-order valence-corrected chi connectivity index (χ4v) is 4.10. The Balaban J connectivity index is 1.48. The number of alkyl halides is 3. The van der Waals surface area contributed by atoms with Crippen molar-refractivity contribution in [3.05, 3.63) is 29.8 Å². The number of urea groups is 1. The molecule has 1 unspecified atom stereocenters. The molecule has 1 aromatic rings. The molecule has 1 aliphatic carbocycles. The molecule has 2 N–H and O–H groups in total. The van der Waals surface area contributed by atoms with Crippen molar-refractivity contribution in [2.75, 3.05) is 31.1 Å². The Morgan fingerprint density at radius 2 is 1.73 bits per heavy atom. The summed E-state index contributed by atoms with van der Waals surface area (Å²) in [6, 6.07) is 4.46. The number of rotatable bonds is 4. The first-order valence-corrected chi connectivity index (χ1v) is 10.5. The summed E-state index contributed by atoms with van der Waals surface area (Å²) < 4.78 is 38.8. The number of hydrogen-bond donors (Lipinski definition) is 2. The maximum absolute atomic E-state index is 12.9. The third-order valence-electron chi connectivity index (χ3n) is 5.96. The lowest BCUT2D eigenvalue weighted by Gasteiger charge is -2.38. The van der Waals surface area contributed by atoms with Crippen molar-refractivity contribution in [2.45, 2.75) is 57.3 Å². The first-order chi connectivity index (χ1) is 14.2. The van der Waals surface area contributed by atoms with E-state index in [-0.39, 0.29) is 11.9 Å². The predicted molar refractivity (Wildman–Crippen MR) is 108 cm³/mol. The lowest BCUT2D eigenvalue weighted by atomic mass is 9.96. The van der Waals surface area contributed by atoms with Gasteiger partial charge in [-0.3, -0.25) is 15.0 Å². The van der Waals surface area contributed by atoms with Crippen molar-refractivity contribution in [3.63, 3.8) is 0 Å². The molecule has 0 spiro atoms. The van der Waals surface area contributed by atoms with E-state index in [4.69, 9.17) is 0 Å². The molecule has 1 aliphatic heterocycles. The molecule has 0 bridgehead atoms. The van der Waals surface area contributed by atoms with Gasteiger partial charge in [-0.25, -0.2) is 4.79 Å². The van der Waals surface area contributed by atoms with E-state index < -0.39 is 23.8 Å². The molecule has 3 amide bonds. The second-order valence-electron chi connectivity index (χ2n) is 8.04. The third kappa shape index (κ3) is 5.87. The molecule has 1 aromatic carbocycles. The van der Waals surface area contributed by atoms with Crippen LogP contribution >= 0.6 is 0 Å². The Bertz CT molecular complexity index is 742. The highest BCUT2D eigenvalue weighted by Gasteiger charge is 2.32. The van der Waals surface area contributed by atoms with Crippen LogP contribution in [0.3, 0.4) is 0 Å². The Morgan fingerprint density at radius 3 is 2.37 bits per heavy atom. The number of carbonyl (C=O) groups excluding carboxylic acids is 2. The van der Waals surface area contributed by atoms with E-state index in [0.717, 1.165) is 37.8 Å². The number of amides is 3. The summed E-state index contributed by atoms with van der Waals surface area (Å²) in [5.74, 6) is -0.365. The lowest BCUT2D eigenvalue weighted by molar-refractivity contribution is -0.137. The minimum Gasteiger partial charge on any atom is -0.369 e. The normalized spacial score (nSPS) is 19.9. The third-order valence-corrected chi connectivity index (χ3v) is 5.96. The summed E-state index contributed by atoms with van der Waals surface area (Å²) in [6.45, 7) is 3.80. The van der Waals surface area contributed by atoms with Crippen LogP contribution in [-0.2, 0) is 11.0 Å². The van der Waals surface area contributed by atoms with E-state index in [1.54, 1.807) is 13.0 Å². The van der Waals surface area contributed by atoms with Crippen molar-refractivity contribution in [1.82, 2.24) is 15.5 Å². The van der Waals surface area contributed by atoms with Crippen LogP contribution in [0.5, 0.6) is 0 Å². The topological polar surface area (TPSA) is 64.7 Å². The standard InChI is InChI=1S/C21H29F3N4O2/c1-15(19(29)26-20(30)25-17-7-3-2-4-8-17)27-10-12-28(13-11-27)18-9-5-6-16(14-18)21(22,23)24/h5-6,9,14-15,17H,2-4,7-8,10-13H2,1H3,(H2,25,26,29,30). The van der Waals surface area contributed by atoms with Gasteiger partial charge in [0, 0.05) is 37.9 Å². The van der Waals surface area contributed by atoms with Crippen LogP contribution in [-0.4, -0.2) is 55.1 Å². The number of carbonyl (C=O) groups is 2. The molecular weight excluding hydrogens is 397 g/mol. The van der Waals surface area contributed by atoms with Gasteiger partial charge in [0.05, 0.1) is 11.6 Å². The first-order valence-electron chi connectivity index (χ1n) is 10.5. The zero-order chi connectivity index (χ0) is 21.7. The number of imide groups is 1. The van der Waals surface area contributed by atoms with Crippen LogP contribution in [0.25, 0.3) is 0 Å². The molecule has 6 nitrogen and oxygen atoms in total. The summed E-state index contributed by atoms with van der Waals surface area (Å²) >= 11 is 0. The molecule has 2 fully saturated rings. The van der Waals surface area contributed by atoms with Gasteiger partial charge >= 0.3 is 12.2 Å². The van der Waals surface area contributed by atoms with E-state index in [9.17, 15) is 22.8 Å². The van der Waals surface area contributed by atoms with Crippen molar-refractivity contribution in [2.24, 2.45) is 0 Å². The van der Waals surface area contributed by atoms with Gasteiger partial charge in [0.2, 0.25) is 5.91 Å². The summed E-state index contributed by atoms with van der Waals surface area (Å²) in [5, 5.41) is 5.29. The summed E-state index contributed by atoms with van der Waals surface area (Å²) in [7, 11) is 0. The molecule has 3 rings (SSSR count). The van der Waals surface area contributed by atoms with Crippen LogP contribution in [0.2, 0.25) is 0 Å². The number of hydrogen-bond acceptors (Lipinski definition) is 4. The van der Waals surface area contributed by atoms with E-state index in [1.165, 1.54) is 12.5 Å². The maximum Gasteiger partial charge on any atom is 0.416 e. The average Bonchev–Trinajstić information content (AvgIpc) is 2.73. The summed E-state index contributed by atoms with van der Waals surface area (Å²) in [4.78, 5) is 28.4. The Labute approximate surface area is 174 Å². The molecule has 166 valence electrons. The van der Waals surface area contributed by atoms with Gasteiger partial charge < -0.3 is 10.2 Å². The van der Waals surface area contributed by atoms with E-state index in [1.807, 2.05) is 9.80 Å². The van der Waals surface area contributed by atoms with E-state index >= 15 is 0 Å². The summed E-state index contributed by atoms with van der Waals surface area (Å²) in [6.07, 6.45) is 0.866. The number of nitrogens with one attached hydrogen (secondary N) is 2. The minimum absolute atomic E-state index is 0.123. The van der Waals surface area contributed by atoms with Gasteiger partial charge in [-0.1, -0.05) is 25.3 Å². The SMILES string of the molecule is CC(C(=O)NC(=O)NC1CCCCC1)N1CCN(c2cccc(C(F)(F)F)c2)CC1. The number of anilines is 1. The quantitative estimate of drug-likeness (QED) is 0.775. The van der Waals surface area contributed by atoms with Crippen molar-refractivity contribution >= 4 is 17.6 Å². The van der Waals surface area contributed by atoms with Gasteiger partial charge in [0.1, 0.15) is 0 Å². The molecule has 1 saturated carbocycles. The predicted octanol–water partition coefficient (Wildman–Crippen LogP) is 3.37. The maximum atomic E-state index is 12.9. The van der Waals surface area contributed by atoms with Gasteiger partial charge in [-0.05, 0) is 38.0 Å². The van der Waals surface area contributed by atoms with Crippen LogP contribution < -0.4 is 15.5 Å². The molecular formula is C21H29F3N4O2. The van der Waals surface area contributed by atoms with Gasteiger partial charge in [-0.2, -0.15) is 13.2 Å². The molecule has 30 heavy (non-hydrogen) atoms. The van der Waals surface area contributed by atoms with Crippen molar-refractivity contribution in [3.8, 4) is 0 Å². The second-order valence-corrected chi connectivity index (χ2v) is 8.04. The number of benzene rings is 1. The Hall–Kier alpha value is -2.29. The van der Waals surface area contributed by atoms with Crippen LogP contribution in [0.15, 0.2) is 24.3 Å². The number of nitrogens with zero attached hydrogens (tertiary/aromatic N) is 2. The van der Waals surface area contributed by atoms with E-state index in [2.05, 4.69) is 10.6 Å². The van der Waals surface area contributed by atoms with Crippen LogP contribution in [0.4, 0.5) is 23.7 Å². The zero-order valence-electron chi connectivity index (χ0n) is 17.2.